The second kappa shape index (κ2) is 5.70. The second-order valence-corrected chi connectivity index (χ2v) is 8.85. The Bertz CT molecular complexity index is 622. The lowest BCUT2D eigenvalue weighted by Gasteiger charge is -2.03. The van der Waals surface area contributed by atoms with Gasteiger partial charge in [-0.1, -0.05) is 11.3 Å². The molecule has 0 spiro atoms. The molecule has 0 amide bonds. The van der Waals surface area contributed by atoms with E-state index in [9.17, 15) is 16.8 Å². The Hall–Kier alpha value is -0.420. The zero-order chi connectivity index (χ0) is 14.0. The van der Waals surface area contributed by atoms with Crippen LogP contribution in [0.5, 0.6) is 0 Å². The summed E-state index contributed by atoms with van der Waals surface area (Å²) in [7, 11) is -0.974. The molecule has 0 unspecified atom stereocenters. The van der Waals surface area contributed by atoms with E-state index in [-0.39, 0.29) is 27.4 Å². The van der Waals surface area contributed by atoms with Crippen molar-refractivity contribution in [2.24, 2.45) is 0 Å². The van der Waals surface area contributed by atoms with Gasteiger partial charge < -0.3 is 4.74 Å². The van der Waals surface area contributed by atoms with Crippen LogP contribution in [0.3, 0.4) is 0 Å². The molecule has 0 radical (unpaired) electrons. The number of aromatic nitrogens is 1. The lowest BCUT2D eigenvalue weighted by Crippen LogP contribution is -2.19. The molecular formula is C7H11ClN2O5S3. The van der Waals surface area contributed by atoms with Crippen LogP contribution in [0.15, 0.2) is 4.21 Å². The Kier molecular flexibility index (Phi) is 4.95. The highest BCUT2D eigenvalue weighted by Gasteiger charge is 2.21. The average molecular weight is 335 g/mol. The molecule has 1 heterocycles. The van der Waals surface area contributed by atoms with E-state index in [1.165, 1.54) is 14.0 Å². The number of sulfonamides is 1. The number of nitrogens with zero attached hydrogens (tertiary/aromatic N) is 1. The van der Waals surface area contributed by atoms with Crippen molar-refractivity contribution in [3.8, 4) is 0 Å². The maximum Gasteiger partial charge on any atom is 0.272 e. The average Bonchev–Trinajstić information content (AvgIpc) is 2.55. The van der Waals surface area contributed by atoms with Crippen molar-refractivity contribution in [3.05, 3.63) is 5.69 Å². The highest BCUT2D eigenvalue weighted by atomic mass is 35.7. The van der Waals surface area contributed by atoms with Gasteiger partial charge in [0.2, 0.25) is 10.0 Å². The van der Waals surface area contributed by atoms with Gasteiger partial charge in [-0.15, -0.1) is 0 Å². The quantitative estimate of drug-likeness (QED) is 0.771. The van der Waals surface area contributed by atoms with Crippen molar-refractivity contribution in [2.75, 3.05) is 24.2 Å². The fraction of sp³-hybridized carbons (Fsp3) is 0.571. The standard InChI is InChI=1S/C7H11ClN2O5S3/c1-5-6(18(8,13)14)16-7(9-5)10-17(11,12)4-3-15-2/h3-4H2,1-2H3,(H,9,10). The largest absolute Gasteiger partial charge is 0.384 e. The van der Waals surface area contributed by atoms with Crippen LogP contribution in [0.25, 0.3) is 0 Å². The van der Waals surface area contributed by atoms with Gasteiger partial charge in [0.25, 0.3) is 9.05 Å². The summed E-state index contributed by atoms with van der Waals surface area (Å²) >= 11 is 0.665. The van der Waals surface area contributed by atoms with Gasteiger partial charge in [0.15, 0.2) is 9.34 Å². The molecule has 0 aliphatic rings. The van der Waals surface area contributed by atoms with E-state index < -0.39 is 19.1 Å². The molecule has 1 rings (SSSR count). The van der Waals surface area contributed by atoms with E-state index in [1.54, 1.807) is 0 Å². The molecule has 0 saturated heterocycles. The molecule has 0 saturated carbocycles. The maximum absolute atomic E-state index is 11.5. The van der Waals surface area contributed by atoms with Crippen LogP contribution in [-0.4, -0.2) is 41.3 Å². The minimum atomic E-state index is -3.92. The SMILES string of the molecule is COCCS(=O)(=O)Nc1nc(C)c(S(=O)(=O)Cl)s1. The monoisotopic (exact) mass is 334 g/mol. The first-order valence-electron chi connectivity index (χ1n) is 4.57. The fourth-order valence-electron chi connectivity index (χ4n) is 1.03. The van der Waals surface area contributed by atoms with Crippen molar-refractivity contribution >= 4 is 46.2 Å². The molecule has 0 atom stereocenters. The summed E-state index contributed by atoms with van der Waals surface area (Å²) in [5, 5.41) is -0.0390. The molecule has 0 aliphatic heterocycles. The summed E-state index contributed by atoms with van der Waals surface area (Å²) in [6.45, 7) is 1.46. The van der Waals surface area contributed by atoms with Crippen molar-refractivity contribution in [1.29, 1.82) is 0 Å². The van der Waals surface area contributed by atoms with Crippen molar-refractivity contribution in [3.63, 3.8) is 0 Å². The molecule has 1 aromatic rings. The van der Waals surface area contributed by atoms with E-state index in [4.69, 9.17) is 10.7 Å². The van der Waals surface area contributed by atoms with E-state index in [0.717, 1.165) is 0 Å². The van der Waals surface area contributed by atoms with Gasteiger partial charge in [0.1, 0.15) is 0 Å². The van der Waals surface area contributed by atoms with Crippen LogP contribution in [0.1, 0.15) is 5.69 Å². The topological polar surface area (TPSA) is 102 Å². The number of aryl methyl sites for hydroxylation is 1. The summed E-state index contributed by atoms with van der Waals surface area (Å²) in [6.07, 6.45) is 0. The molecule has 18 heavy (non-hydrogen) atoms. The van der Waals surface area contributed by atoms with Gasteiger partial charge in [0.05, 0.1) is 18.1 Å². The van der Waals surface area contributed by atoms with E-state index in [1.807, 2.05) is 0 Å². The molecule has 0 aromatic carbocycles. The first-order chi connectivity index (χ1) is 8.15. The number of methoxy groups -OCH3 is 1. The Balaban J connectivity index is 2.94. The third-order valence-electron chi connectivity index (χ3n) is 1.77. The summed E-state index contributed by atoms with van der Waals surface area (Å²) < 4.78 is 52.0. The predicted octanol–water partition coefficient (Wildman–Crippen LogP) is 0.767. The van der Waals surface area contributed by atoms with Gasteiger partial charge in [-0.3, -0.25) is 4.72 Å². The first kappa shape index (κ1) is 15.6. The third-order valence-corrected chi connectivity index (χ3v) is 6.36. The highest BCUT2D eigenvalue weighted by molar-refractivity contribution is 8.15. The van der Waals surface area contributed by atoms with Crippen LogP contribution < -0.4 is 4.72 Å². The number of rotatable bonds is 6. The van der Waals surface area contributed by atoms with E-state index in [2.05, 4.69) is 14.4 Å². The number of hydrogen-bond acceptors (Lipinski definition) is 7. The van der Waals surface area contributed by atoms with Crippen LogP contribution in [-0.2, 0) is 23.8 Å². The lowest BCUT2D eigenvalue weighted by molar-refractivity contribution is 0.217. The molecule has 7 nitrogen and oxygen atoms in total. The first-order valence-corrected chi connectivity index (χ1v) is 9.35. The van der Waals surface area contributed by atoms with Crippen LogP contribution in [0.4, 0.5) is 5.13 Å². The summed E-state index contributed by atoms with van der Waals surface area (Å²) in [6, 6.07) is 0. The maximum atomic E-state index is 11.5. The smallest absolute Gasteiger partial charge is 0.272 e. The fourth-order valence-corrected chi connectivity index (χ4v) is 4.58. The normalized spacial score (nSPS) is 12.6. The Morgan fingerprint density at radius 2 is 2.00 bits per heavy atom. The minimum Gasteiger partial charge on any atom is -0.384 e. The van der Waals surface area contributed by atoms with Crippen molar-refractivity contribution in [2.45, 2.75) is 11.1 Å². The zero-order valence-corrected chi connectivity index (χ0v) is 12.7. The van der Waals surface area contributed by atoms with E-state index in [0.29, 0.717) is 11.3 Å². The van der Waals surface area contributed by atoms with Gasteiger partial charge in [0, 0.05) is 17.8 Å². The molecule has 11 heteroatoms. The molecule has 1 aromatic heterocycles. The number of thiazole rings is 1. The van der Waals surface area contributed by atoms with Crippen molar-refractivity contribution in [1.82, 2.24) is 4.98 Å². The minimum absolute atomic E-state index is 0.0281. The van der Waals surface area contributed by atoms with Crippen LogP contribution in [0, 0.1) is 6.92 Å². The number of anilines is 1. The Morgan fingerprint density at radius 3 is 2.44 bits per heavy atom. The zero-order valence-electron chi connectivity index (χ0n) is 9.51. The number of halogens is 1. The molecular weight excluding hydrogens is 324 g/mol. The van der Waals surface area contributed by atoms with E-state index >= 15 is 0 Å². The molecule has 0 fully saturated rings. The number of ether oxygens (including phenoxy) is 1. The lowest BCUT2D eigenvalue weighted by atomic mass is 10.6. The molecule has 0 aliphatic carbocycles. The molecule has 1 N–H and O–H groups in total. The third kappa shape index (κ3) is 4.35. The van der Waals surface area contributed by atoms with Crippen LogP contribution in [0.2, 0.25) is 0 Å². The predicted molar refractivity (Wildman–Crippen MR) is 69.2 cm³/mol. The van der Waals surface area contributed by atoms with Crippen molar-refractivity contribution < 1.29 is 21.6 Å². The van der Waals surface area contributed by atoms with Gasteiger partial charge in [-0.25, -0.2) is 21.8 Å². The Labute approximate surface area is 114 Å². The summed E-state index contributed by atoms with van der Waals surface area (Å²) in [5.41, 5.74) is 0.152. The second-order valence-electron chi connectivity index (χ2n) is 3.24. The number of nitrogens with one attached hydrogen (secondary N) is 1. The van der Waals surface area contributed by atoms with Crippen LogP contribution >= 0.6 is 22.0 Å². The Morgan fingerprint density at radius 1 is 1.39 bits per heavy atom. The van der Waals surface area contributed by atoms with Gasteiger partial charge in [-0.05, 0) is 6.92 Å². The molecule has 104 valence electrons. The van der Waals surface area contributed by atoms with Gasteiger partial charge in [-0.2, -0.15) is 0 Å². The van der Waals surface area contributed by atoms with Gasteiger partial charge >= 0.3 is 0 Å². The number of hydrogen-bond donors (Lipinski definition) is 1. The highest BCUT2D eigenvalue weighted by Crippen LogP contribution is 2.30. The summed E-state index contributed by atoms with van der Waals surface area (Å²) in [4.78, 5) is 3.79. The summed E-state index contributed by atoms with van der Waals surface area (Å²) in [5.74, 6) is -0.245. The molecule has 0 bridgehead atoms.